The number of nitrogens with zero attached hydrogens (tertiary/aromatic N) is 3. The second-order valence-electron chi connectivity index (χ2n) is 23.7. The molecule has 11 atom stereocenters. The van der Waals surface area contributed by atoms with E-state index in [0.29, 0.717) is 43.7 Å². The van der Waals surface area contributed by atoms with Crippen molar-refractivity contribution in [3.63, 3.8) is 0 Å². The molecule has 336 valence electrons. The Morgan fingerprint density at radius 3 is 2.17 bits per heavy atom. The molecule has 0 aliphatic heterocycles. The number of aliphatic hydroxyl groups is 1. The van der Waals surface area contributed by atoms with Crippen LogP contribution in [0.25, 0.3) is 0 Å². The van der Waals surface area contributed by atoms with Gasteiger partial charge in [0.15, 0.2) is 5.78 Å². The number of aliphatic hydroxyl groups excluding tert-OH is 1. The summed E-state index contributed by atoms with van der Waals surface area (Å²) in [6.07, 6.45) is 7.86. The zero-order valence-corrected chi connectivity index (χ0v) is 39.5. The SMILES string of the molecule is CC(C)C1=C2[C@H]3CC[C@@H]4[C@@]5(C)CC[C@H](OC(=O)[C@H]6C[C@@H](C(=O)O)C6(C)C)C(C)(C)[C@@H]5CC[C@@]4(C)[C@]3(C)CC[C@@]2([C@@H](O)CN(CCN(C)C)Cc2cc(C(C)C)n[nH]2)CC1=O. The van der Waals surface area contributed by atoms with Gasteiger partial charge in [-0.1, -0.05) is 81.7 Å². The molecule has 5 saturated carbocycles. The predicted molar refractivity (Wildman–Crippen MR) is 235 cm³/mol. The van der Waals surface area contributed by atoms with Gasteiger partial charge in [-0.2, -0.15) is 5.10 Å². The van der Waals surface area contributed by atoms with Crippen LogP contribution in [0.5, 0.6) is 0 Å². The topological polar surface area (TPSA) is 136 Å². The standard InChI is InChI=1S/C50H80N4O6/c1-29(2)35-24-31(51-52-35)27-54(23-22-53(12)13)28-39(56)50-21-20-48(10)32(42(50)41(30(3)4)36(55)26-50)14-15-38-47(9)18-17-40(46(7,8)37(47)16-19-49(38,48)11)60-44(59)34-25-33(43(57)58)45(34,5)6/h24,29-30,32-34,37-40,56H,14-23,25-28H2,1-13H3,(H,51,52)(H,57,58)/t32-,33+,34-,37+,38-,39+,40+,47+,48-,49-,50+/m1/s1. The van der Waals surface area contributed by atoms with Crippen molar-refractivity contribution in [3.05, 3.63) is 28.6 Å². The number of aromatic nitrogens is 2. The zero-order valence-electron chi connectivity index (χ0n) is 39.5. The molecule has 0 unspecified atom stereocenters. The first-order valence-electron chi connectivity index (χ1n) is 23.7. The Labute approximate surface area is 361 Å². The zero-order chi connectivity index (χ0) is 44.1. The second-order valence-corrected chi connectivity index (χ2v) is 23.7. The van der Waals surface area contributed by atoms with Crippen molar-refractivity contribution < 1.29 is 29.3 Å². The van der Waals surface area contributed by atoms with E-state index in [9.17, 15) is 24.6 Å². The lowest BCUT2D eigenvalue weighted by Gasteiger charge is -2.72. The van der Waals surface area contributed by atoms with Crippen LogP contribution in [0.2, 0.25) is 0 Å². The van der Waals surface area contributed by atoms with E-state index in [1.807, 2.05) is 13.8 Å². The Balaban J connectivity index is 1.14. The highest BCUT2D eigenvalue weighted by molar-refractivity contribution is 6.00. The number of ketones is 1. The fourth-order valence-electron chi connectivity index (χ4n) is 15.2. The molecule has 1 aromatic heterocycles. The number of carbonyl (C=O) groups excluding carboxylic acids is 2. The number of hydrogen-bond acceptors (Lipinski definition) is 8. The minimum Gasteiger partial charge on any atom is -0.481 e. The molecule has 0 spiro atoms. The van der Waals surface area contributed by atoms with E-state index in [1.54, 1.807) is 0 Å². The van der Waals surface area contributed by atoms with Crippen molar-refractivity contribution in [3.8, 4) is 0 Å². The number of aliphatic carboxylic acids is 1. The molecule has 1 aromatic rings. The van der Waals surface area contributed by atoms with Crippen LogP contribution in [-0.4, -0.2) is 93.9 Å². The summed E-state index contributed by atoms with van der Waals surface area (Å²) in [6, 6.07) is 2.16. The number of Topliss-reactive ketones (excluding diaryl/α,β-unsaturated/α-hetero) is 1. The lowest BCUT2D eigenvalue weighted by atomic mass is 9.33. The molecule has 5 fully saturated rings. The van der Waals surface area contributed by atoms with Gasteiger partial charge >= 0.3 is 11.9 Å². The van der Waals surface area contributed by atoms with Gasteiger partial charge in [0.2, 0.25) is 0 Å². The Bertz CT molecular complexity index is 1860. The molecule has 7 rings (SSSR count). The van der Waals surface area contributed by atoms with Crippen molar-refractivity contribution in [2.45, 2.75) is 165 Å². The summed E-state index contributed by atoms with van der Waals surface area (Å²) in [4.78, 5) is 44.5. The van der Waals surface area contributed by atoms with E-state index < -0.39 is 28.8 Å². The highest BCUT2D eigenvalue weighted by Crippen LogP contribution is 2.77. The van der Waals surface area contributed by atoms with E-state index in [1.165, 1.54) is 5.57 Å². The smallest absolute Gasteiger partial charge is 0.309 e. The van der Waals surface area contributed by atoms with Gasteiger partial charge in [0.1, 0.15) is 6.10 Å². The van der Waals surface area contributed by atoms with E-state index >= 15 is 0 Å². The lowest BCUT2D eigenvalue weighted by molar-refractivity contribution is -0.238. The first-order chi connectivity index (χ1) is 27.8. The second kappa shape index (κ2) is 15.6. The number of likely N-dealkylation sites (N-methyl/N-ethyl adjacent to an activating group) is 1. The average Bonchev–Trinajstić information content (AvgIpc) is 3.74. The Kier molecular flexibility index (Phi) is 11.8. The summed E-state index contributed by atoms with van der Waals surface area (Å²) in [5.74, 6) is -0.131. The third kappa shape index (κ3) is 6.98. The van der Waals surface area contributed by atoms with Crippen molar-refractivity contribution in [2.75, 3.05) is 33.7 Å². The Morgan fingerprint density at radius 1 is 0.867 bits per heavy atom. The third-order valence-electron chi connectivity index (χ3n) is 19.1. The maximum absolute atomic E-state index is 14.4. The number of hydrogen-bond donors (Lipinski definition) is 3. The van der Waals surface area contributed by atoms with Crippen LogP contribution in [0, 0.1) is 68.0 Å². The van der Waals surface area contributed by atoms with Crippen LogP contribution < -0.4 is 0 Å². The highest BCUT2D eigenvalue weighted by Gasteiger charge is 2.71. The molecule has 6 aliphatic carbocycles. The summed E-state index contributed by atoms with van der Waals surface area (Å²) in [5, 5.41) is 30.3. The minimum absolute atomic E-state index is 0.0229. The number of carbonyl (C=O) groups is 3. The van der Waals surface area contributed by atoms with Gasteiger partial charge in [0.25, 0.3) is 0 Å². The number of allylic oxidation sites excluding steroid dienone is 1. The summed E-state index contributed by atoms with van der Waals surface area (Å²) >= 11 is 0. The van der Waals surface area contributed by atoms with Gasteiger partial charge in [-0.05, 0) is 135 Å². The Morgan fingerprint density at radius 2 is 1.57 bits per heavy atom. The molecule has 0 amide bonds. The molecule has 0 radical (unpaired) electrons. The van der Waals surface area contributed by atoms with E-state index in [4.69, 9.17) is 4.74 Å². The predicted octanol–water partition coefficient (Wildman–Crippen LogP) is 8.90. The molecule has 0 saturated heterocycles. The number of carboxylic acid groups (broad SMARTS) is 1. The van der Waals surface area contributed by atoms with Gasteiger partial charge in [0, 0.05) is 49.1 Å². The number of H-pyrrole nitrogens is 1. The van der Waals surface area contributed by atoms with Crippen molar-refractivity contribution in [2.24, 2.45) is 68.0 Å². The molecule has 3 N–H and O–H groups in total. The molecular formula is C50H80N4O6. The van der Waals surface area contributed by atoms with E-state index in [0.717, 1.165) is 81.4 Å². The minimum atomic E-state index is -0.828. The van der Waals surface area contributed by atoms with Crippen LogP contribution in [0.3, 0.4) is 0 Å². The fraction of sp³-hybridized carbons (Fsp3) is 0.840. The van der Waals surface area contributed by atoms with E-state index in [2.05, 4.69) is 102 Å². The van der Waals surface area contributed by atoms with Gasteiger partial charge in [-0.3, -0.25) is 24.4 Å². The molecule has 6 aliphatic rings. The third-order valence-corrected chi connectivity index (χ3v) is 19.1. The number of carboxylic acids is 1. The number of aromatic amines is 1. The lowest BCUT2D eigenvalue weighted by Crippen LogP contribution is -2.66. The molecule has 10 nitrogen and oxygen atoms in total. The van der Waals surface area contributed by atoms with Crippen molar-refractivity contribution in [1.82, 2.24) is 20.0 Å². The first kappa shape index (κ1) is 45.5. The van der Waals surface area contributed by atoms with Gasteiger partial charge in [0.05, 0.1) is 23.6 Å². The number of esters is 1. The van der Waals surface area contributed by atoms with Crippen LogP contribution in [-0.2, 0) is 25.7 Å². The maximum Gasteiger partial charge on any atom is 0.309 e. The number of rotatable bonds is 13. The number of nitrogens with one attached hydrogen (secondary N) is 1. The van der Waals surface area contributed by atoms with Crippen LogP contribution >= 0.6 is 0 Å². The molecule has 60 heavy (non-hydrogen) atoms. The maximum atomic E-state index is 14.4. The van der Waals surface area contributed by atoms with Crippen LogP contribution in [0.4, 0.5) is 0 Å². The summed E-state index contributed by atoms with van der Waals surface area (Å²) in [7, 11) is 4.19. The van der Waals surface area contributed by atoms with E-state index in [-0.39, 0.29) is 57.3 Å². The summed E-state index contributed by atoms with van der Waals surface area (Å²) < 4.78 is 6.45. The fourth-order valence-corrected chi connectivity index (χ4v) is 15.2. The molecule has 1 heterocycles. The molecule has 0 aromatic carbocycles. The first-order valence-corrected chi connectivity index (χ1v) is 23.7. The monoisotopic (exact) mass is 833 g/mol. The van der Waals surface area contributed by atoms with Crippen molar-refractivity contribution in [1.29, 1.82) is 0 Å². The molecule has 0 bridgehead atoms. The molecular weight excluding hydrogens is 753 g/mol. The molecule has 10 heteroatoms. The van der Waals surface area contributed by atoms with Crippen LogP contribution in [0.15, 0.2) is 17.2 Å². The Hall–Kier alpha value is -2.56. The van der Waals surface area contributed by atoms with Crippen molar-refractivity contribution >= 4 is 17.7 Å². The summed E-state index contributed by atoms with van der Waals surface area (Å²) in [5.41, 5.74) is 3.14. The number of fused-ring (bicyclic) bond motifs is 7. The number of ether oxygens (including phenoxy) is 1. The van der Waals surface area contributed by atoms with Gasteiger partial charge in [-0.15, -0.1) is 0 Å². The van der Waals surface area contributed by atoms with Gasteiger partial charge in [-0.25, -0.2) is 0 Å². The highest BCUT2D eigenvalue weighted by atomic mass is 16.5. The largest absolute Gasteiger partial charge is 0.481 e. The average molecular weight is 833 g/mol. The van der Waals surface area contributed by atoms with Gasteiger partial charge < -0.3 is 19.8 Å². The quantitative estimate of drug-likeness (QED) is 0.167. The summed E-state index contributed by atoms with van der Waals surface area (Å²) in [6.45, 7) is 27.7. The normalized spacial score (nSPS) is 38.7. The van der Waals surface area contributed by atoms with Crippen LogP contribution in [0.1, 0.15) is 158 Å².